The molecule has 3 aliphatic rings. The molecule has 6 atom stereocenters. The number of amides is 2. The van der Waals surface area contributed by atoms with Crippen LogP contribution >= 0.6 is 11.8 Å². The fourth-order valence-corrected chi connectivity index (χ4v) is 8.96. The summed E-state index contributed by atoms with van der Waals surface area (Å²) in [4.78, 5) is 45.4. The smallest absolute Gasteiger partial charge is 0.311 e. The Morgan fingerprint density at radius 2 is 2.03 bits per heavy atom. The standard InChI is InChI=1S/C29H38N2O5S/c1-7-14-30(21-16-18(4)10-11-19(21)5)26(34)24-29-13-12-28(6,37-29)23(27(35)36-15-8-2)22(29)25(33)31(24)20(9-3)17-32/h7-8,10-11,16,20,22-24,32H,1-2,9,12-15,17H2,3-6H3/t20-,22-,23+,24?,28-,29?/m0/s1. The van der Waals surface area contributed by atoms with Crippen molar-refractivity contribution in [3.8, 4) is 0 Å². The first-order chi connectivity index (χ1) is 17.6. The van der Waals surface area contributed by atoms with E-state index in [1.54, 1.807) is 27.6 Å². The van der Waals surface area contributed by atoms with Gasteiger partial charge in [-0.25, -0.2) is 0 Å². The van der Waals surface area contributed by atoms with Gasteiger partial charge in [-0.05, 0) is 57.2 Å². The summed E-state index contributed by atoms with van der Waals surface area (Å²) in [6.45, 7) is 15.5. The molecule has 200 valence electrons. The monoisotopic (exact) mass is 526 g/mol. The van der Waals surface area contributed by atoms with E-state index in [-0.39, 0.29) is 31.6 Å². The molecule has 8 heteroatoms. The molecule has 3 heterocycles. The highest BCUT2D eigenvalue weighted by Gasteiger charge is 2.78. The van der Waals surface area contributed by atoms with Crippen LogP contribution < -0.4 is 4.90 Å². The van der Waals surface area contributed by atoms with Crippen molar-refractivity contribution < 1.29 is 24.2 Å². The highest BCUT2D eigenvalue weighted by atomic mass is 32.2. The number of esters is 1. The second-order valence-corrected chi connectivity index (χ2v) is 12.6. The van der Waals surface area contributed by atoms with Gasteiger partial charge in [-0.15, -0.1) is 18.3 Å². The van der Waals surface area contributed by atoms with Crippen molar-refractivity contribution in [2.24, 2.45) is 11.8 Å². The Hall–Kier alpha value is -2.58. The minimum Gasteiger partial charge on any atom is -0.461 e. The summed E-state index contributed by atoms with van der Waals surface area (Å²) in [7, 11) is 0. The van der Waals surface area contributed by atoms with Crippen molar-refractivity contribution in [2.45, 2.75) is 68.5 Å². The normalized spacial score (nSPS) is 30.7. The van der Waals surface area contributed by atoms with E-state index in [0.29, 0.717) is 19.3 Å². The summed E-state index contributed by atoms with van der Waals surface area (Å²) in [6, 6.07) is 4.63. The van der Waals surface area contributed by atoms with Crippen molar-refractivity contribution >= 4 is 35.2 Å². The molecular formula is C29H38N2O5S. The van der Waals surface area contributed by atoms with Crippen LogP contribution in [0.3, 0.4) is 0 Å². The van der Waals surface area contributed by atoms with E-state index in [4.69, 9.17) is 4.74 Å². The lowest BCUT2D eigenvalue weighted by molar-refractivity contribution is -0.155. The quantitative estimate of drug-likeness (QED) is 0.369. The Morgan fingerprint density at radius 1 is 1.30 bits per heavy atom. The molecule has 1 aromatic rings. The van der Waals surface area contributed by atoms with E-state index in [0.717, 1.165) is 16.8 Å². The average molecular weight is 527 g/mol. The van der Waals surface area contributed by atoms with Crippen LogP contribution in [0.4, 0.5) is 5.69 Å². The Kier molecular flexibility index (Phi) is 7.64. The Morgan fingerprint density at radius 3 is 2.65 bits per heavy atom. The largest absolute Gasteiger partial charge is 0.461 e. The summed E-state index contributed by atoms with van der Waals surface area (Å²) in [5.41, 5.74) is 2.74. The summed E-state index contributed by atoms with van der Waals surface area (Å²) < 4.78 is 4.19. The summed E-state index contributed by atoms with van der Waals surface area (Å²) in [6.07, 6.45) is 5.04. The van der Waals surface area contributed by atoms with E-state index in [1.165, 1.54) is 6.08 Å². The average Bonchev–Trinajstić information content (AvgIpc) is 3.44. The lowest BCUT2D eigenvalue weighted by atomic mass is 9.66. The molecule has 37 heavy (non-hydrogen) atoms. The number of carbonyl (C=O) groups is 3. The number of aliphatic hydroxyl groups is 1. The fourth-order valence-electron chi connectivity index (χ4n) is 6.63. The van der Waals surface area contributed by atoms with Crippen molar-refractivity contribution in [3.63, 3.8) is 0 Å². The van der Waals surface area contributed by atoms with Crippen molar-refractivity contribution in [2.75, 3.05) is 24.7 Å². The van der Waals surface area contributed by atoms with E-state index >= 15 is 0 Å². The third-order valence-electron chi connectivity index (χ3n) is 8.35. The molecule has 1 aromatic carbocycles. The van der Waals surface area contributed by atoms with Crippen molar-refractivity contribution in [1.29, 1.82) is 0 Å². The maximum Gasteiger partial charge on any atom is 0.311 e. The number of rotatable bonds is 10. The number of likely N-dealkylation sites (tertiary alicyclic amines) is 1. The molecule has 3 fully saturated rings. The first-order valence-corrected chi connectivity index (χ1v) is 13.8. The van der Waals surface area contributed by atoms with Gasteiger partial charge in [0.1, 0.15) is 12.6 Å². The van der Waals surface area contributed by atoms with Gasteiger partial charge in [0.25, 0.3) is 5.91 Å². The lowest BCUT2D eigenvalue weighted by Crippen LogP contribution is -2.57. The lowest BCUT2D eigenvalue weighted by Gasteiger charge is -2.39. The van der Waals surface area contributed by atoms with E-state index < -0.39 is 39.4 Å². The Labute approximate surface area is 223 Å². The van der Waals surface area contributed by atoms with Gasteiger partial charge < -0.3 is 19.6 Å². The number of anilines is 1. The number of thioether (sulfide) groups is 1. The first-order valence-electron chi connectivity index (χ1n) is 13.0. The SMILES string of the molecule is C=CCOC(=O)[C@H]1[C@H]2C(=O)N([C@@H](CC)CO)C(C(=O)N(CC=C)c3cc(C)ccc3C)C23CC[C@]1(C)S3. The van der Waals surface area contributed by atoms with Gasteiger partial charge in [-0.2, -0.15) is 0 Å². The van der Waals surface area contributed by atoms with Crippen LogP contribution in [0.1, 0.15) is 44.2 Å². The van der Waals surface area contributed by atoms with Gasteiger partial charge in [-0.3, -0.25) is 14.4 Å². The number of nitrogens with zero attached hydrogens (tertiary/aromatic N) is 2. The van der Waals surface area contributed by atoms with Crippen LogP contribution in [0, 0.1) is 25.7 Å². The predicted octanol–water partition coefficient (Wildman–Crippen LogP) is 3.80. The highest BCUT2D eigenvalue weighted by molar-refractivity contribution is 8.02. The second-order valence-electron chi connectivity index (χ2n) is 10.7. The third-order valence-corrected chi connectivity index (χ3v) is 10.3. The highest BCUT2D eigenvalue weighted by Crippen LogP contribution is 2.71. The molecule has 0 aliphatic carbocycles. The zero-order chi connectivity index (χ0) is 27.1. The number of ether oxygens (including phenoxy) is 1. The van der Waals surface area contributed by atoms with Crippen molar-refractivity contribution in [1.82, 2.24) is 4.90 Å². The van der Waals surface area contributed by atoms with Gasteiger partial charge >= 0.3 is 5.97 Å². The maximum atomic E-state index is 14.6. The van der Waals surface area contributed by atoms with Crippen LogP contribution in [-0.4, -0.2) is 69.1 Å². The fraction of sp³-hybridized carbons (Fsp3) is 0.552. The minimum absolute atomic E-state index is 0.0734. The van der Waals surface area contributed by atoms with Crippen LogP contribution in [0.2, 0.25) is 0 Å². The molecule has 3 saturated heterocycles. The van der Waals surface area contributed by atoms with E-state index in [9.17, 15) is 19.5 Å². The topological polar surface area (TPSA) is 87.1 Å². The zero-order valence-corrected chi connectivity index (χ0v) is 23.1. The van der Waals surface area contributed by atoms with Crippen LogP contribution in [0.25, 0.3) is 0 Å². The number of benzene rings is 1. The summed E-state index contributed by atoms with van der Waals surface area (Å²) >= 11 is 1.60. The zero-order valence-electron chi connectivity index (χ0n) is 22.2. The number of aryl methyl sites for hydroxylation is 2. The molecule has 3 aliphatic heterocycles. The molecule has 0 saturated carbocycles. The molecule has 2 unspecified atom stereocenters. The molecular weight excluding hydrogens is 488 g/mol. The molecule has 2 amide bonds. The predicted molar refractivity (Wildman–Crippen MR) is 146 cm³/mol. The summed E-state index contributed by atoms with van der Waals surface area (Å²) in [5.74, 6) is -2.21. The number of fused-ring (bicyclic) bond motifs is 1. The molecule has 0 aromatic heterocycles. The van der Waals surface area contributed by atoms with Gasteiger partial charge in [0.05, 0.1) is 29.2 Å². The molecule has 0 radical (unpaired) electrons. The number of aliphatic hydroxyl groups excluding tert-OH is 1. The Bertz CT molecular complexity index is 1120. The van der Waals surface area contributed by atoms with Crippen LogP contribution in [0.5, 0.6) is 0 Å². The van der Waals surface area contributed by atoms with Gasteiger partial charge in [0, 0.05) is 17.0 Å². The van der Waals surface area contributed by atoms with Gasteiger partial charge in [-0.1, -0.05) is 37.8 Å². The molecule has 4 rings (SSSR count). The minimum atomic E-state index is -0.814. The van der Waals surface area contributed by atoms with Crippen LogP contribution in [-0.2, 0) is 19.1 Å². The molecule has 1 spiro atoms. The van der Waals surface area contributed by atoms with Gasteiger partial charge in [0.15, 0.2) is 0 Å². The number of hydrogen-bond donors (Lipinski definition) is 1. The van der Waals surface area contributed by atoms with Crippen molar-refractivity contribution in [3.05, 3.63) is 54.6 Å². The van der Waals surface area contributed by atoms with E-state index in [1.807, 2.05) is 45.9 Å². The molecule has 7 nitrogen and oxygen atoms in total. The molecule has 2 bridgehead atoms. The van der Waals surface area contributed by atoms with Gasteiger partial charge in [0.2, 0.25) is 5.91 Å². The second kappa shape index (κ2) is 10.3. The number of hydrogen-bond acceptors (Lipinski definition) is 6. The summed E-state index contributed by atoms with van der Waals surface area (Å²) in [5, 5.41) is 10.3. The molecule has 1 N–H and O–H groups in total. The third kappa shape index (κ3) is 4.22. The Balaban J connectivity index is 1.85. The van der Waals surface area contributed by atoms with Crippen LogP contribution in [0.15, 0.2) is 43.5 Å². The maximum absolute atomic E-state index is 14.6. The van der Waals surface area contributed by atoms with E-state index in [2.05, 4.69) is 13.2 Å². The number of carbonyl (C=O) groups excluding carboxylic acids is 3. The first kappa shape index (κ1) is 27.5.